The summed E-state index contributed by atoms with van der Waals surface area (Å²) < 4.78 is 0. The molecule has 0 radical (unpaired) electrons. The summed E-state index contributed by atoms with van der Waals surface area (Å²) in [6, 6.07) is 5.75. The highest BCUT2D eigenvalue weighted by atomic mass is 16.3. The van der Waals surface area contributed by atoms with Crippen LogP contribution in [-0.4, -0.2) is 29.7 Å². The molecule has 1 fully saturated rings. The SMILES string of the molecule is O=C(NC1CCCCCC1O)c1cccc2c1CCCN2. The summed E-state index contributed by atoms with van der Waals surface area (Å²) in [6.07, 6.45) is 6.54. The van der Waals surface area contributed by atoms with Gasteiger partial charge in [0.15, 0.2) is 0 Å². The Morgan fingerprint density at radius 1 is 1.19 bits per heavy atom. The van der Waals surface area contributed by atoms with Crippen molar-refractivity contribution in [1.29, 1.82) is 0 Å². The standard InChI is InChI=1S/C17H24N2O2/c20-16-10-3-1-2-8-15(16)19-17(21)13-6-4-9-14-12(13)7-5-11-18-14/h4,6,9,15-16,18,20H,1-3,5,7-8,10-11H2,(H,19,21). The lowest BCUT2D eigenvalue weighted by Crippen LogP contribution is -2.43. The topological polar surface area (TPSA) is 61.4 Å². The first-order chi connectivity index (χ1) is 10.3. The molecule has 3 rings (SSSR count). The van der Waals surface area contributed by atoms with Crippen LogP contribution in [0.25, 0.3) is 0 Å². The predicted molar refractivity (Wildman–Crippen MR) is 83.6 cm³/mol. The Kier molecular flexibility index (Phi) is 4.44. The van der Waals surface area contributed by atoms with E-state index in [4.69, 9.17) is 0 Å². The van der Waals surface area contributed by atoms with Gasteiger partial charge in [-0.2, -0.15) is 0 Å². The molecule has 3 N–H and O–H groups in total. The normalized spacial score (nSPS) is 25.4. The third-order valence-corrected chi connectivity index (χ3v) is 4.64. The van der Waals surface area contributed by atoms with Crippen molar-refractivity contribution >= 4 is 11.6 Å². The zero-order valence-electron chi connectivity index (χ0n) is 12.4. The van der Waals surface area contributed by atoms with Gasteiger partial charge >= 0.3 is 0 Å². The number of carbonyl (C=O) groups excluding carboxylic acids is 1. The van der Waals surface area contributed by atoms with E-state index >= 15 is 0 Å². The number of carbonyl (C=O) groups is 1. The van der Waals surface area contributed by atoms with E-state index < -0.39 is 6.10 Å². The Hall–Kier alpha value is -1.55. The summed E-state index contributed by atoms with van der Waals surface area (Å²) in [5.74, 6) is -0.0403. The van der Waals surface area contributed by atoms with Crippen molar-refractivity contribution in [2.45, 2.75) is 57.1 Å². The van der Waals surface area contributed by atoms with Gasteiger partial charge in [-0.15, -0.1) is 0 Å². The van der Waals surface area contributed by atoms with Gasteiger partial charge in [0.25, 0.3) is 5.91 Å². The second kappa shape index (κ2) is 6.48. The molecule has 1 saturated carbocycles. The maximum Gasteiger partial charge on any atom is 0.251 e. The van der Waals surface area contributed by atoms with Gasteiger partial charge in [0.1, 0.15) is 0 Å². The molecule has 2 unspecified atom stereocenters. The van der Waals surface area contributed by atoms with E-state index in [0.717, 1.165) is 68.3 Å². The molecule has 4 heteroatoms. The quantitative estimate of drug-likeness (QED) is 0.733. The Morgan fingerprint density at radius 3 is 2.95 bits per heavy atom. The van der Waals surface area contributed by atoms with Crippen molar-refractivity contribution in [3.8, 4) is 0 Å². The highest BCUT2D eigenvalue weighted by Gasteiger charge is 2.25. The number of benzene rings is 1. The van der Waals surface area contributed by atoms with Crippen molar-refractivity contribution in [2.75, 3.05) is 11.9 Å². The first-order valence-electron chi connectivity index (χ1n) is 8.10. The summed E-state index contributed by atoms with van der Waals surface area (Å²) in [7, 11) is 0. The molecule has 0 spiro atoms. The molecule has 0 bridgehead atoms. The van der Waals surface area contributed by atoms with Crippen molar-refractivity contribution in [2.24, 2.45) is 0 Å². The lowest BCUT2D eigenvalue weighted by molar-refractivity contribution is 0.0818. The molecule has 114 valence electrons. The average molecular weight is 288 g/mol. The van der Waals surface area contributed by atoms with Crippen LogP contribution in [0.3, 0.4) is 0 Å². The first-order valence-corrected chi connectivity index (χ1v) is 8.10. The van der Waals surface area contributed by atoms with Crippen LogP contribution < -0.4 is 10.6 Å². The number of amides is 1. The summed E-state index contributed by atoms with van der Waals surface area (Å²) in [6.45, 7) is 0.972. The van der Waals surface area contributed by atoms with Gasteiger partial charge in [-0.1, -0.05) is 25.3 Å². The van der Waals surface area contributed by atoms with Gasteiger partial charge in [-0.05, 0) is 43.4 Å². The molecule has 0 aromatic heterocycles. The molecule has 2 atom stereocenters. The Labute approximate surface area is 125 Å². The zero-order valence-corrected chi connectivity index (χ0v) is 12.4. The van der Waals surface area contributed by atoms with E-state index in [0.29, 0.717) is 0 Å². The fourth-order valence-corrected chi connectivity index (χ4v) is 3.43. The van der Waals surface area contributed by atoms with E-state index in [1.54, 1.807) is 0 Å². The van der Waals surface area contributed by atoms with Gasteiger partial charge in [0.05, 0.1) is 12.1 Å². The summed E-state index contributed by atoms with van der Waals surface area (Å²) >= 11 is 0. The Balaban J connectivity index is 1.76. The number of hydrogen-bond acceptors (Lipinski definition) is 3. The molecule has 1 heterocycles. The van der Waals surface area contributed by atoms with Crippen molar-refractivity contribution < 1.29 is 9.90 Å². The molecule has 21 heavy (non-hydrogen) atoms. The monoisotopic (exact) mass is 288 g/mol. The summed E-state index contributed by atoms with van der Waals surface area (Å²) in [5.41, 5.74) is 2.95. The molecule has 4 nitrogen and oxygen atoms in total. The van der Waals surface area contributed by atoms with Gasteiger partial charge in [0.2, 0.25) is 0 Å². The smallest absolute Gasteiger partial charge is 0.251 e. The van der Waals surface area contributed by atoms with Crippen LogP contribution in [-0.2, 0) is 6.42 Å². The minimum absolute atomic E-state index is 0.0403. The Bertz CT molecular complexity index is 516. The Morgan fingerprint density at radius 2 is 2.05 bits per heavy atom. The minimum atomic E-state index is -0.408. The molecule has 1 aliphatic carbocycles. The lowest BCUT2D eigenvalue weighted by Gasteiger charge is -2.24. The van der Waals surface area contributed by atoms with Crippen LogP contribution >= 0.6 is 0 Å². The molecular weight excluding hydrogens is 264 g/mol. The van der Waals surface area contributed by atoms with Crippen molar-refractivity contribution in [1.82, 2.24) is 5.32 Å². The lowest BCUT2D eigenvalue weighted by atomic mass is 9.96. The minimum Gasteiger partial charge on any atom is -0.391 e. The number of nitrogens with one attached hydrogen (secondary N) is 2. The second-order valence-corrected chi connectivity index (χ2v) is 6.15. The maximum absolute atomic E-state index is 12.6. The van der Waals surface area contributed by atoms with Gasteiger partial charge in [-0.3, -0.25) is 4.79 Å². The van der Waals surface area contributed by atoms with Crippen LogP contribution in [0.15, 0.2) is 18.2 Å². The third kappa shape index (κ3) is 3.21. The van der Waals surface area contributed by atoms with E-state index in [9.17, 15) is 9.90 Å². The number of rotatable bonds is 2. The average Bonchev–Trinajstić information content (AvgIpc) is 2.71. The fraction of sp³-hybridized carbons (Fsp3) is 0.588. The summed E-state index contributed by atoms with van der Waals surface area (Å²) in [4.78, 5) is 12.6. The van der Waals surface area contributed by atoms with Crippen molar-refractivity contribution in [3.63, 3.8) is 0 Å². The number of aliphatic hydroxyl groups excluding tert-OH is 1. The number of aliphatic hydroxyl groups is 1. The van der Waals surface area contributed by atoms with Crippen LogP contribution in [0.1, 0.15) is 54.4 Å². The largest absolute Gasteiger partial charge is 0.391 e. The molecule has 1 aromatic carbocycles. The van der Waals surface area contributed by atoms with E-state index in [1.165, 1.54) is 0 Å². The van der Waals surface area contributed by atoms with Crippen LogP contribution in [0.4, 0.5) is 5.69 Å². The van der Waals surface area contributed by atoms with Gasteiger partial charge in [0, 0.05) is 17.8 Å². The molecule has 1 amide bonds. The van der Waals surface area contributed by atoms with Crippen molar-refractivity contribution in [3.05, 3.63) is 29.3 Å². The highest BCUT2D eigenvalue weighted by Crippen LogP contribution is 2.26. The van der Waals surface area contributed by atoms with E-state index in [-0.39, 0.29) is 11.9 Å². The number of hydrogen-bond donors (Lipinski definition) is 3. The maximum atomic E-state index is 12.6. The third-order valence-electron chi connectivity index (χ3n) is 4.64. The predicted octanol–water partition coefficient (Wildman–Crippen LogP) is 2.47. The molecule has 1 aromatic rings. The van der Waals surface area contributed by atoms with E-state index in [1.807, 2.05) is 18.2 Å². The molecule has 2 aliphatic rings. The van der Waals surface area contributed by atoms with E-state index in [2.05, 4.69) is 10.6 Å². The molecule has 0 saturated heterocycles. The second-order valence-electron chi connectivity index (χ2n) is 6.15. The molecule has 1 aliphatic heterocycles. The van der Waals surface area contributed by atoms with Crippen LogP contribution in [0.5, 0.6) is 0 Å². The van der Waals surface area contributed by atoms with Gasteiger partial charge in [-0.25, -0.2) is 0 Å². The fourth-order valence-electron chi connectivity index (χ4n) is 3.43. The zero-order chi connectivity index (χ0) is 14.7. The first kappa shape index (κ1) is 14.4. The van der Waals surface area contributed by atoms with Crippen LogP contribution in [0, 0.1) is 0 Å². The van der Waals surface area contributed by atoms with Gasteiger partial charge < -0.3 is 15.7 Å². The molecular formula is C17H24N2O2. The number of fused-ring (bicyclic) bond motifs is 1. The summed E-state index contributed by atoms with van der Waals surface area (Å²) in [5, 5.41) is 16.6. The highest BCUT2D eigenvalue weighted by molar-refractivity contribution is 5.97. The number of anilines is 1. The van der Waals surface area contributed by atoms with Crippen LogP contribution in [0.2, 0.25) is 0 Å².